The average Bonchev–Trinajstić information content (AvgIpc) is 2.34. The molecule has 5 heteroatoms. The number of rotatable bonds is 5. The summed E-state index contributed by atoms with van der Waals surface area (Å²) in [7, 11) is 0. The summed E-state index contributed by atoms with van der Waals surface area (Å²) in [5.41, 5.74) is 0.797. The van der Waals surface area contributed by atoms with Crippen molar-refractivity contribution in [3.05, 3.63) is 29.8 Å². The lowest BCUT2D eigenvalue weighted by Gasteiger charge is -2.10. The van der Waals surface area contributed by atoms with Crippen molar-refractivity contribution in [3.63, 3.8) is 0 Å². The summed E-state index contributed by atoms with van der Waals surface area (Å²) in [5.74, 6) is -0.841. The lowest BCUT2D eigenvalue weighted by molar-refractivity contribution is 0.0937. The van der Waals surface area contributed by atoms with Gasteiger partial charge in [-0.3, -0.25) is 4.79 Å². The third kappa shape index (κ3) is 3.76. The van der Waals surface area contributed by atoms with Gasteiger partial charge in [-0.25, -0.2) is 4.39 Å². The van der Waals surface area contributed by atoms with Crippen molar-refractivity contribution in [1.82, 2.24) is 5.32 Å². The zero-order chi connectivity index (χ0) is 14.5. The smallest absolute Gasteiger partial charge is 0.253 e. The van der Waals surface area contributed by atoms with Gasteiger partial charge in [0.1, 0.15) is 6.04 Å². The molecule has 1 amide bonds. The van der Waals surface area contributed by atoms with E-state index in [9.17, 15) is 9.18 Å². The molecule has 0 heterocycles. The van der Waals surface area contributed by atoms with Crippen molar-refractivity contribution in [3.8, 4) is 6.07 Å². The minimum Gasteiger partial charge on any atom is -0.370 e. The van der Waals surface area contributed by atoms with Crippen LogP contribution >= 0.6 is 0 Å². The van der Waals surface area contributed by atoms with E-state index >= 15 is 0 Å². The number of amides is 1. The highest BCUT2D eigenvalue weighted by molar-refractivity contribution is 5.94. The van der Waals surface area contributed by atoms with Gasteiger partial charge in [-0.2, -0.15) is 5.26 Å². The van der Waals surface area contributed by atoms with Gasteiger partial charge in [0.05, 0.1) is 8.81 Å². The van der Waals surface area contributed by atoms with E-state index in [1.54, 1.807) is 17.4 Å². The zero-order valence-corrected chi connectivity index (χ0v) is 9.33. The number of carbonyl (C=O) groups excluding carboxylic acids is 1. The average molecular weight is 237 g/mol. The van der Waals surface area contributed by atoms with Crippen LogP contribution in [-0.4, -0.2) is 18.7 Å². The largest absolute Gasteiger partial charge is 0.370 e. The number of hydrogen-bond acceptors (Lipinski definition) is 3. The summed E-state index contributed by atoms with van der Waals surface area (Å²) in [6.45, 7) is -1.38. The van der Waals surface area contributed by atoms with Gasteiger partial charge in [0.2, 0.25) is 0 Å². The van der Waals surface area contributed by atoms with Gasteiger partial charge in [-0.05, 0) is 30.7 Å². The van der Waals surface area contributed by atoms with E-state index in [0.29, 0.717) is 12.1 Å². The van der Waals surface area contributed by atoms with Crippen LogP contribution in [0.1, 0.15) is 26.4 Å². The Bertz CT molecular complexity index is 479. The van der Waals surface area contributed by atoms with Crippen LogP contribution in [0.2, 0.25) is 0 Å². The molecule has 4 nitrogen and oxygen atoms in total. The molecule has 0 aliphatic rings. The maximum atomic E-state index is 12.6. The number of carbonyl (C=O) groups is 1. The molecule has 1 aromatic carbocycles. The van der Waals surface area contributed by atoms with Crippen molar-refractivity contribution in [2.45, 2.75) is 19.4 Å². The highest BCUT2D eigenvalue weighted by Gasteiger charge is 2.06. The van der Waals surface area contributed by atoms with Gasteiger partial charge in [-0.1, -0.05) is 6.92 Å². The predicted octanol–water partition coefficient (Wildman–Crippen LogP) is 2.06. The van der Waals surface area contributed by atoms with Crippen LogP contribution in [0.3, 0.4) is 0 Å². The van der Waals surface area contributed by atoms with E-state index in [0.717, 1.165) is 0 Å². The van der Waals surface area contributed by atoms with Crippen LogP contribution in [-0.2, 0) is 0 Å². The first-order chi connectivity index (χ1) is 8.85. The second-order valence-corrected chi connectivity index (χ2v) is 3.36. The molecule has 0 saturated carbocycles. The van der Waals surface area contributed by atoms with Crippen LogP contribution in [0.15, 0.2) is 24.3 Å². The molecule has 0 aliphatic heterocycles. The summed E-state index contributed by atoms with van der Waals surface area (Å²) in [6.07, 6.45) is 0.640. The fourth-order valence-corrected chi connectivity index (χ4v) is 1.26. The van der Waals surface area contributed by atoms with Gasteiger partial charge >= 0.3 is 0 Å². The molecule has 90 valence electrons. The predicted molar refractivity (Wildman–Crippen MR) is 63.2 cm³/mol. The Morgan fingerprint density at radius 3 is 2.71 bits per heavy atom. The van der Waals surface area contributed by atoms with Crippen molar-refractivity contribution in [1.29, 1.82) is 5.26 Å². The van der Waals surface area contributed by atoms with Crippen LogP contribution in [0.5, 0.6) is 0 Å². The fraction of sp³-hybridized carbons (Fsp3) is 0.333. The van der Waals surface area contributed by atoms with Crippen LogP contribution in [0.25, 0.3) is 0 Å². The Morgan fingerprint density at radius 2 is 2.24 bits per heavy atom. The fourth-order valence-electron chi connectivity index (χ4n) is 1.26. The van der Waals surface area contributed by atoms with Gasteiger partial charge < -0.3 is 10.6 Å². The molecule has 0 radical (unpaired) electrons. The lowest BCUT2D eigenvalue weighted by Crippen LogP contribution is -2.22. The monoisotopic (exact) mass is 237 g/mol. The summed E-state index contributed by atoms with van der Waals surface area (Å²) in [4.78, 5) is 11.4. The van der Waals surface area contributed by atoms with Gasteiger partial charge in [0, 0.05) is 11.3 Å². The molecule has 0 aromatic heterocycles. The van der Waals surface area contributed by atoms with E-state index in [1.165, 1.54) is 12.1 Å². The van der Waals surface area contributed by atoms with E-state index in [1.807, 2.05) is 6.92 Å². The molecule has 1 atom stereocenters. The molecule has 0 saturated heterocycles. The summed E-state index contributed by atoms with van der Waals surface area (Å²) in [5, 5.41) is 13.3. The number of anilines is 1. The maximum absolute atomic E-state index is 12.6. The van der Waals surface area contributed by atoms with Crippen LogP contribution in [0.4, 0.5) is 10.1 Å². The summed E-state index contributed by atoms with van der Waals surface area (Å²) >= 11 is 0. The SMILES string of the molecule is [2H]C([2H])(F)NC(=O)c1ccc(NC(C#N)CC)cc1. The van der Waals surface area contributed by atoms with Crippen molar-refractivity contribution >= 4 is 11.6 Å². The molecule has 0 fully saturated rings. The number of benzene rings is 1. The molecule has 0 spiro atoms. The summed E-state index contributed by atoms with van der Waals surface area (Å²) < 4.78 is 25.9. The Labute approximate surface area is 102 Å². The number of halogens is 1. The quantitative estimate of drug-likeness (QED) is 0.770. The third-order valence-corrected chi connectivity index (χ3v) is 2.21. The molecule has 1 rings (SSSR count). The Balaban J connectivity index is 2.72. The van der Waals surface area contributed by atoms with Gasteiger partial charge in [-0.15, -0.1) is 0 Å². The number of nitrogens with one attached hydrogen (secondary N) is 2. The number of hydrogen-bond donors (Lipinski definition) is 2. The Hall–Kier alpha value is -2.09. The van der Waals surface area contributed by atoms with Crippen molar-refractivity contribution < 1.29 is 11.9 Å². The highest BCUT2D eigenvalue weighted by Crippen LogP contribution is 2.11. The van der Waals surface area contributed by atoms with Gasteiger partial charge in [0.25, 0.3) is 5.91 Å². The summed E-state index contributed by atoms with van der Waals surface area (Å²) in [6, 6.07) is 7.75. The van der Waals surface area contributed by atoms with E-state index in [4.69, 9.17) is 8.00 Å². The van der Waals surface area contributed by atoms with E-state index < -0.39 is 12.7 Å². The minimum atomic E-state index is -3.25. The molecule has 1 aromatic rings. The molecular weight excluding hydrogens is 221 g/mol. The van der Waals surface area contributed by atoms with Crippen molar-refractivity contribution in [2.24, 2.45) is 0 Å². The normalized spacial score (nSPS) is 13.9. The first kappa shape index (κ1) is 10.1. The maximum Gasteiger partial charge on any atom is 0.253 e. The molecular formula is C12H14FN3O. The molecule has 0 aliphatic carbocycles. The third-order valence-electron chi connectivity index (χ3n) is 2.21. The Kier molecular flexibility index (Phi) is 3.85. The molecule has 17 heavy (non-hydrogen) atoms. The number of alkyl halides is 1. The van der Waals surface area contributed by atoms with E-state index in [-0.39, 0.29) is 11.6 Å². The first-order valence-electron chi connectivity index (χ1n) is 6.13. The van der Waals surface area contributed by atoms with Gasteiger partial charge in [0.15, 0.2) is 6.75 Å². The lowest BCUT2D eigenvalue weighted by atomic mass is 10.1. The van der Waals surface area contributed by atoms with Crippen molar-refractivity contribution in [2.75, 3.05) is 12.1 Å². The number of nitriles is 1. The van der Waals surface area contributed by atoms with Crippen LogP contribution < -0.4 is 10.6 Å². The second kappa shape index (κ2) is 6.48. The molecule has 2 N–H and O–H groups in total. The number of nitrogens with zero attached hydrogens (tertiary/aromatic N) is 1. The standard InChI is InChI=1S/C12H14FN3O/c1-2-10(7-14)16-11-5-3-9(4-6-11)12(17)15-8-13/h3-6,10,16H,2,8H2,1H3,(H,15,17)/i8D2. The Morgan fingerprint density at radius 1 is 1.59 bits per heavy atom. The minimum absolute atomic E-state index is 0.136. The van der Waals surface area contributed by atoms with Crippen LogP contribution in [0, 0.1) is 11.3 Å². The highest BCUT2D eigenvalue weighted by atomic mass is 19.1. The second-order valence-electron chi connectivity index (χ2n) is 3.36. The first-order valence-corrected chi connectivity index (χ1v) is 5.13. The zero-order valence-electron chi connectivity index (χ0n) is 11.3. The van der Waals surface area contributed by atoms with E-state index in [2.05, 4.69) is 11.4 Å². The molecule has 0 bridgehead atoms. The topological polar surface area (TPSA) is 64.9 Å². The molecule has 1 unspecified atom stereocenters.